The molecule has 2 unspecified atom stereocenters. The van der Waals surface area contributed by atoms with Gasteiger partial charge in [0.05, 0.1) is 18.4 Å². The lowest BCUT2D eigenvalue weighted by atomic mass is 9.83. The average Bonchev–Trinajstić information content (AvgIpc) is 2.67. The fourth-order valence-electron chi connectivity index (χ4n) is 3.19. The fraction of sp³-hybridized carbons (Fsp3) is 0.545. The first-order valence-electron chi connectivity index (χ1n) is 9.82. The number of ether oxygens (including phenoxy) is 2. The number of hydrogen-bond donors (Lipinski definition) is 0. The Kier molecular flexibility index (Phi) is 8.86. The van der Waals surface area contributed by atoms with Crippen LogP contribution in [-0.2, 0) is 14.3 Å². The summed E-state index contributed by atoms with van der Waals surface area (Å²) >= 11 is 6.01. The first-order chi connectivity index (χ1) is 13.0. The van der Waals surface area contributed by atoms with Crippen LogP contribution in [0.5, 0.6) is 5.75 Å². The summed E-state index contributed by atoms with van der Waals surface area (Å²) in [5.74, 6) is -1.25. The summed E-state index contributed by atoms with van der Waals surface area (Å²) in [5, 5.41) is 0.621. The monoisotopic (exact) mass is 392 g/mol. The lowest BCUT2D eigenvalue weighted by molar-refractivity contribution is -0.156. The van der Waals surface area contributed by atoms with E-state index < -0.39 is 17.8 Å². The van der Waals surface area contributed by atoms with Crippen molar-refractivity contribution in [1.82, 2.24) is 0 Å². The number of aryl methyl sites for hydroxylation is 1. The summed E-state index contributed by atoms with van der Waals surface area (Å²) in [6.07, 6.45) is 10.3. The first-order valence-corrected chi connectivity index (χ1v) is 10.2. The van der Waals surface area contributed by atoms with Gasteiger partial charge in [0.1, 0.15) is 5.75 Å². The number of rotatable bonds is 9. The first kappa shape index (κ1) is 21.5. The van der Waals surface area contributed by atoms with Gasteiger partial charge in [-0.1, -0.05) is 56.4 Å². The van der Waals surface area contributed by atoms with E-state index in [1.165, 1.54) is 12.8 Å². The lowest BCUT2D eigenvalue weighted by Crippen LogP contribution is -2.35. The zero-order valence-corrected chi connectivity index (χ0v) is 17.0. The predicted octanol–water partition coefficient (Wildman–Crippen LogP) is 5.65. The number of carbonyl (C=O) groups excluding carboxylic acids is 2. The maximum absolute atomic E-state index is 12.6. The maximum Gasteiger partial charge on any atom is 0.315 e. The normalized spacial score (nSPS) is 18.9. The van der Waals surface area contributed by atoms with Crippen LogP contribution in [0, 0.1) is 18.8 Å². The van der Waals surface area contributed by atoms with E-state index in [4.69, 9.17) is 21.1 Å². The standard InChI is InChI=1S/C22H29ClO4/c1-3-4-5-6-9-14-26-21(24)18-10-7-8-11-19(18)22(25)27-17-12-13-20(23)16(2)15-17/h7-8,12-13,15,18-19H,3-6,9-11,14H2,1-2H3. The quantitative estimate of drug-likeness (QED) is 0.236. The van der Waals surface area contributed by atoms with Crippen LogP contribution in [0.4, 0.5) is 0 Å². The van der Waals surface area contributed by atoms with Gasteiger partial charge in [-0.15, -0.1) is 0 Å². The Morgan fingerprint density at radius 2 is 1.70 bits per heavy atom. The summed E-state index contributed by atoms with van der Waals surface area (Å²) in [7, 11) is 0. The molecule has 0 N–H and O–H groups in total. The highest BCUT2D eigenvalue weighted by molar-refractivity contribution is 6.31. The molecule has 2 atom stereocenters. The average molecular weight is 393 g/mol. The molecular weight excluding hydrogens is 364 g/mol. The third-order valence-electron chi connectivity index (χ3n) is 4.88. The maximum atomic E-state index is 12.6. The van der Waals surface area contributed by atoms with Crippen molar-refractivity contribution in [2.45, 2.75) is 58.8 Å². The van der Waals surface area contributed by atoms with Crippen LogP contribution >= 0.6 is 11.6 Å². The van der Waals surface area contributed by atoms with Crippen molar-refractivity contribution in [3.05, 3.63) is 40.9 Å². The number of esters is 2. The summed E-state index contributed by atoms with van der Waals surface area (Å²) in [6.45, 7) is 4.44. The number of carbonyl (C=O) groups is 2. The van der Waals surface area contributed by atoms with E-state index >= 15 is 0 Å². The van der Waals surface area contributed by atoms with E-state index in [9.17, 15) is 9.59 Å². The van der Waals surface area contributed by atoms with Crippen molar-refractivity contribution in [3.63, 3.8) is 0 Å². The van der Waals surface area contributed by atoms with Crippen LogP contribution < -0.4 is 4.74 Å². The molecule has 4 nitrogen and oxygen atoms in total. The number of halogens is 1. The van der Waals surface area contributed by atoms with Gasteiger partial charge in [0.25, 0.3) is 0 Å². The molecule has 148 valence electrons. The molecule has 0 saturated carbocycles. The summed E-state index contributed by atoms with van der Waals surface area (Å²) < 4.78 is 10.9. The molecule has 0 fully saturated rings. The van der Waals surface area contributed by atoms with Crippen molar-refractivity contribution in [3.8, 4) is 5.75 Å². The molecule has 0 saturated heterocycles. The molecule has 27 heavy (non-hydrogen) atoms. The highest BCUT2D eigenvalue weighted by Crippen LogP contribution is 2.29. The van der Waals surface area contributed by atoms with Crippen molar-refractivity contribution < 1.29 is 19.1 Å². The highest BCUT2D eigenvalue weighted by Gasteiger charge is 2.36. The zero-order chi connectivity index (χ0) is 19.6. The van der Waals surface area contributed by atoms with Crippen molar-refractivity contribution in [2.75, 3.05) is 6.61 Å². The largest absolute Gasteiger partial charge is 0.465 e. The summed E-state index contributed by atoms with van der Waals surface area (Å²) in [5.41, 5.74) is 0.838. The smallest absolute Gasteiger partial charge is 0.315 e. The van der Waals surface area contributed by atoms with E-state index in [2.05, 4.69) is 6.92 Å². The molecule has 1 aliphatic rings. The molecule has 1 aromatic carbocycles. The summed E-state index contributed by atoms with van der Waals surface area (Å²) in [4.78, 5) is 25.1. The predicted molar refractivity (Wildman–Crippen MR) is 107 cm³/mol. The third kappa shape index (κ3) is 6.69. The van der Waals surface area contributed by atoms with E-state index in [1.807, 2.05) is 19.1 Å². The molecular formula is C22H29ClO4. The number of benzene rings is 1. The van der Waals surface area contributed by atoms with Gasteiger partial charge in [0, 0.05) is 5.02 Å². The molecule has 0 spiro atoms. The SMILES string of the molecule is CCCCCCCOC(=O)C1CC=CCC1C(=O)Oc1ccc(Cl)c(C)c1. The molecule has 0 aliphatic heterocycles. The molecule has 0 heterocycles. The molecule has 1 aliphatic carbocycles. The molecule has 0 radical (unpaired) electrons. The second-order valence-corrected chi connectivity index (χ2v) is 7.48. The van der Waals surface area contributed by atoms with Crippen LogP contribution in [0.3, 0.4) is 0 Å². The minimum Gasteiger partial charge on any atom is -0.465 e. The second kappa shape index (κ2) is 11.1. The highest BCUT2D eigenvalue weighted by atomic mass is 35.5. The van der Waals surface area contributed by atoms with Crippen LogP contribution in [0.25, 0.3) is 0 Å². The van der Waals surface area contributed by atoms with Crippen molar-refractivity contribution in [2.24, 2.45) is 11.8 Å². The van der Waals surface area contributed by atoms with Gasteiger partial charge in [-0.05, 0) is 49.9 Å². The van der Waals surface area contributed by atoms with Gasteiger partial charge >= 0.3 is 11.9 Å². The Morgan fingerprint density at radius 3 is 2.37 bits per heavy atom. The summed E-state index contributed by atoms with van der Waals surface area (Å²) in [6, 6.07) is 5.09. The Labute approximate surface area is 166 Å². The molecule has 1 aromatic rings. The van der Waals surface area contributed by atoms with Crippen molar-refractivity contribution >= 4 is 23.5 Å². The van der Waals surface area contributed by atoms with E-state index in [1.54, 1.807) is 18.2 Å². The van der Waals surface area contributed by atoms with Gasteiger partial charge in [-0.25, -0.2) is 0 Å². The second-order valence-electron chi connectivity index (χ2n) is 7.07. The molecule has 2 rings (SSSR count). The van der Waals surface area contributed by atoms with Gasteiger partial charge in [-0.2, -0.15) is 0 Å². The van der Waals surface area contributed by atoms with E-state index in [-0.39, 0.29) is 5.97 Å². The van der Waals surface area contributed by atoms with E-state index in [0.29, 0.717) is 30.2 Å². The third-order valence-corrected chi connectivity index (χ3v) is 5.30. The van der Waals surface area contributed by atoms with Crippen molar-refractivity contribution in [1.29, 1.82) is 0 Å². The lowest BCUT2D eigenvalue weighted by Gasteiger charge is -2.25. The van der Waals surface area contributed by atoms with Crippen LogP contribution in [0.15, 0.2) is 30.4 Å². The Hall–Kier alpha value is -1.81. The van der Waals surface area contributed by atoms with Gasteiger partial charge in [0.2, 0.25) is 0 Å². The topological polar surface area (TPSA) is 52.6 Å². The molecule has 0 aromatic heterocycles. The van der Waals surface area contributed by atoms with E-state index in [0.717, 1.165) is 24.8 Å². The van der Waals surface area contributed by atoms with Crippen LogP contribution in [0.2, 0.25) is 5.02 Å². The minimum atomic E-state index is -0.515. The van der Waals surface area contributed by atoms with Gasteiger partial charge < -0.3 is 9.47 Å². The Morgan fingerprint density at radius 1 is 1.04 bits per heavy atom. The Balaban J connectivity index is 1.89. The van der Waals surface area contributed by atoms with Gasteiger partial charge in [0.15, 0.2) is 0 Å². The van der Waals surface area contributed by atoms with Gasteiger partial charge in [-0.3, -0.25) is 9.59 Å². The minimum absolute atomic E-state index is 0.302. The molecule has 0 amide bonds. The van der Waals surface area contributed by atoms with Crippen LogP contribution in [0.1, 0.15) is 57.4 Å². The number of hydrogen-bond acceptors (Lipinski definition) is 4. The fourth-order valence-corrected chi connectivity index (χ4v) is 3.31. The Bertz CT molecular complexity index is 668. The molecule has 5 heteroatoms. The number of allylic oxidation sites excluding steroid dienone is 2. The number of unbranched alkanes of at least 4 members (excludes halogenated alkanes) is 4. The molecule has 0 bridgehead atoms. The zero-order valence-electron chi connectivity index (χ0n) is 16.2. The van der Waals surface area contributed by atoms with Crippen LogP contribution in [-0.4, -0.2) is 18.5 Å².